The molecular formula is C16H15BrClN3O. The van der Waals surface area contributed by atoms with Gasteiger partial charge in [0.05, 0.1) is 6.21 Å². The molecule has 2 rings (SSSR count). The van der Waals surface area contributed by atoms with Crippen LogP contribution in [0.5, 0.6) is 0 Å². The summed E-state index contributed by atoms with van der Waals surface area (Å²) in [4.78, 5) is 11.9. The molecule has 4 nitrogen and oxygen atoms in total. The Balaban J connectivity index is 1.85. The Morgan fingerprint density at radius 3 is 2.45 bits per heavy atom. The maximum Gasteiger partial charge on any atom is 0.262 e. The number of halogens is 2. The van der Waals surface area contributed by atoms with Crippen molar-refractivity contribution in [2.45, 2.75) is 13.0 Å². The molecule has 0 aliphatic carbocycles. The van der Waals surface area contributed by atoms with Gasteiger partial charge < -0.3 is 5.32 Å². The highest BCUT2D eigenvalue weighted by atomic mass is 79.9. The lowest BCUT2D eigenvalue weighted by atomic mass is 10.2. The number of carbonyl (C=O) groups is 1. The molecule has 0 aliphatic heterocycles. The molecule has 0 spiro atoms. The number of rotatable bonds is 5. The van der Waals surface area contributed by atoms with E-state index in [1.54, 1.807) is 25.3 Å². The van der Waals surface area contributed by atoms with Crippen LogP contribution in [0.25, 0.3) is 0 Å². The first kappa shape index (κ1) is 16.5. The Kier molecular flexibility index (Phi) is 5.98. The molecule has 2 aromatic rings. The van der Waals surface area contributed by atoms with Crippen molar-refractivity contribution in [3.63, 3.8) is 0 Å². The number of benzene rings is 2. The van der Waals surface area contributed by atoms with Crippen LogP contribution in [-0.4, -0.2) is 18.2 Å². The maximum absolute atomic E-state index is 11.9. The monoisotopic (exact) mass is 379 g/mol. The van der Waals surface area contributed by atoms with Crippen LogP contribution < -0.4 is 10.7 Å². The number of nitrogens with one attached hydrogen (secondary N) is 2. The minimum absolute atomic E-state index is 0.219. The van der Waals surface area contributed by atoms with Crippen LogP contribution in [0.3, 0.4) is 0 Å². The summed E-state index contributed by atoms with van der Waals surface area (Å²) in [5.41, 5.74) is 4.23. The van der Waals surface area contributed by atoms with Crippen molar-refractivity contribution in [2.24, 2.45) is 5.10 Å². The fourth-order valence-electron chi connectivity index (χ4n) is 1.68. The van der Waals surface area contributed by atoms with Gasteiger partial charge in [-0.25, -0.2) is 5.43 Å². The van der Waals surface area contributed by atoms with Gasteiger partial charge in [-0.15, -0.1) is 0 Å². The normalized spacial score (nSPS) is 12.1. The van der Waals surface area contributed by atoms with Crippen molar-refractivity contribution in [2.75, 3.05) is 5.32 Å². The van der Waals surface area contributed by atoms with Crippen LogP contribution in [-0.2, 0) is 4.79 Å². The fraction of sp³-hybridized carbons (Fsp3) is 0.125. The van der Waals surface area contributed by atoms with E-state index in [-0.39, 0.29) is 5.91 Å². The summed E-state index contributed by atoms with van der Waals surface area (Å²) < 4.78 is 0.995. The van der Waals surface area contributed by atoms with Gasteiger partial charge in [0, 0.05) is 15.2 Å². The summed E-state index contributed by atoms with van der Waals surface area (Å²) in [5, 5.41) is 7.68. The lowest BCUT2D eigenvalue weighted by molar-refractivity contribution is -0.121. The van der Waals surface area contributed by atoms with Gasteiger partial charge >= 0.3 is 0 Å². The maximum atomic E-state index is 11.9. The number of nitrogens with zero attached hydrogens (tertiary/aromatic N) is 1. The van der Waals surface area contributed by atoms with Crippen molar-refractivity contribution < 1.29 is 4.79 Å². The largest absolute Gasteiger partial charge is 0.374 e. The fourth-order valence-corrected chi connectivity index (χ4v) is 2.07. The minimum atomic E-state index is -0.414. The molecule has 1 amide bonds. The first-order chi connectivity index (χ1) is 10.5. The van der Waals surface area contributed by atoms with E-state index in [0.29, 0.717) is 5.02 Å². The molecule has 0 unspecified atom stereocenters. The standard InChI is InChI=1S/C16H15BrClN3O/c1-11(20-15-8-6-14(18)7-9-15)16(22)21-19-10-12-2-4-13(17)5-3-12/h2-11,20H,1H3,(H,21,22)/b19-10-/t11-/m1/s1. The van der Waals surface area contributed by atoms with Crippen LogP contribution in [0, 0.1) is 0 Å². The second kappa shape index (κ2) is 7.96. The average molecular weight is 381 g/mol. The number of hydrogen-bond donors (Lipinski definition) is 2. The molecule has 0 aliphatic rings. The smallest absolute Gasteiger partial charge is 0.262 e. The predicted molar refractivity (Wildman–Crippen MR) is 94.4 cm³/mol. The van der Waals surface area contributed by atoms with E-state index in [1.165, 1.54) is 0 Å². The molecular weight excluding hydrogens is 366 g/mol. The van der Waals surface area contributed by atoms with E-state index in [0.717, 1.165) is 15.7 Å². The first-order valence-electron chi connectivity index (χ1n) is 6.65. The average Bonchev–Trinajstić information content (AvgIpc) is 2.51. The minimum Gasteiger partial charge on any atom is -0.374 e. The van der Waals surface area contributed by atoms with Crippen LogP contribution >= 0.6 is 27.5 Å². The van der Waals surface area contributed by atoms with Crippen LogP contribution in [0.1, 0.15) is 12.5 Å². The van der Waals surface area contributed by atoms with Gasteiger partial charge in [-0.2, -0.15) is 5.10 Å². The van der Waals surface area contributed by atoms with E-state index >= 15 is 0 Å². The number of hydrogen-bond acceptors (Lipinski definition) is 3. The van der Waals surface area contributed by atoms with Gasteiger partial charge in [0.2, 0.25) is 0 Å². The Bertz CT molecular complexity index is 656. The zero-order valence-electron chi connectivity index (χ0n) is 11.9. The molecule has 22 heavy (non-hydrogen) atoms. The molecule has 114 valence electrons. The van der Waals surface area contributed by atoms with Gasteiger partial charge in [0.25, 0.3) is 5.91 Å². The molecule has 1 atom stereocenters. The zero-order chi connectivity index (χ0) is 15.9. The highest BCUT2D eigenvalue weighted by molar-refractivity contribution is 9.10. The topological polar surface area (TPSA) is 53.5 Å². The summed E-state index contributed by atoms with van der Waals surface area (Å²) in [6, 6.07) is 14.4. The summed E-state index contributed by atoms with van der Waals surface area (Å²) in [6.45, 7) is 1.76. The number of hydrazone groups is 1. The van der Waals surface area contributed by atoms with E-state index in [4.69, 9.17) is 11.6 Å². The third-order valence-electron chi connectivity index (χ3n) is 2.88. The number of anilines is 1. The molecule has 0 bridgehead atoms. The zero-order valence-corrected chi connectivity index (χ0v) is 14.2. The van der Waals surface area contributed by atoms with E-state index in [1.807, 2.05) is 36.4 Å². The lowest BCUT2D eigenvalue weighted by Gasteiger charge is -2.13. The van der Waals surface area contributed by atoms with Crippen molar-refractivity contribution in [1.29, 1.82) is 0 Å². The third kappa shape index (κ3) is 5.16. The van der Waals surface area contributed by atoms with Crippen molar-refractivity contribution >= 4 is 45.3 Å². The van der Waals surface area contributed by atoms with Crippen molar-refractivity contribution in [1.82, 2.24) is 5.43 Å². The highest BCUT2D eigenvalue weighted by Gasteiger charge is 2.11. The Hall–Kier alpha value is -1.85. The Labute approximate surface area is 142 Å². The van der Waals surface area contributed by atoms with Gasteiger partial charge in [-0.3, -0.25) is 4.79 Å². The molecule has 0 fully saturated rings. The summed E-state index contributed by atoms with van der Waals surface area (Å²) >= 11 is 9.18. The second-order valence-electron chi connectivity index (χ2n) is 4.66. The van der Waals surface area contributed by atoms with Crippen LogP contribution in [0.4, 0.5) is 5.69 Å². The molecule has 0 saturated heterocycles. The quantitative estimate of drug-likeness (QED) is 0.607. The first-order valence-corrected chi connectivity index (χ1v) is 7.82. The second-order valence-corrected chi connectivity index (χ2v) is 6.01. The van der Waals surface area contributed by atoms with E-state index < -0.39 is 6.04 Å². The van der Waals surface area contributed by atoms with Gasteiger partial charge in [-0.1, -0.05) is 39.7 Å². The Morgan fingerprint density at radius 1 is 1.18 bits per heavy atom. The third-order valence-corrected chi connectivity index (χ3v) is 3.66. The summed E-state index contributed by atoms with van der Waals surface area (Å²) in [7, 11) is 0. The van der Waals surface area contributed by atoms with Crippen molar-refractivity contribution in [3.05, 3.63) is 63.6 Å². The molecule has 6 heteroatoms. The predicted octanol–water partition coefficient (Wildman–Crippen LogP) is 4.05. The lowest BCUT2D eigenvalue weighted by Crippen LogP contribution is -2.34. The molecule has 2 aromatic carbocycles. The Morgan fingerprint density at radius 2 is 1.82 bits per heavy atom. The van der Waals surface area contributed by atoms with E-state index in [9.17, 15) is 4.79 Å². The molecule has 0 aromatic heterocycles. The highest BCUT2D eigenvalue weighted by Crippen LogP contribution is 2.14. The molecule has 2 N–H and O–H groups in total. The molecule has 0 heterocycles. The van der Waals surface area contributed by atoms with Gasteiger partial charge in [-0.05, 0) is 48.9 Å². The van der Waals surface area contributed by atoms with E-state index in [2.05, 4.69) is 31.8 Å². The number of amides is 1. The van der Waals surface area contributed by atoms with Gasteiger partial charge in [0.15, 0.2) is 0 Å². The molecule has 0 saturated carbocycles. The summed E-state index contributed by atoms with van der Waals surface area (Å²) in [5.74, 6) is -0.219. The SMILES string of the molecule is C[C@@H](Nc1ccc(Cl)cc1)C(=O)N/N=C\c1ccc(Br)cc1. The summed E-state index contributed by atoms with van der Waals surface area (Å²) in [6.07, 6.45) is 1.60. The van der Waals surface area contributed by atoms with Crippen LogP contribution in [0.2, 0.25) is 5.02 Å². The molecule has 0 radical (unpaired) electrons. The van der Waals surface area contributed by atoms with Gasteiger partial charge in [0.1, 0.15) is 6.04 Å². The van der Waals surface area contributed by atoms with Crippen molar-refractivity contribution in [3.8, 4) is 0 Å². The van der Waals surface area contributed by atoms with Crippen LogP contribution in [0.15, 0.2) is 58.1 Å². The number of carbonyl (C=O) groups excluding carboxylic acids is 1.